The number of benzene rings is 2. The minimum atomic E-state index is -0.735. The lowest BCUT2D eigenvalue weighted by atomic mass is 10.1. The summed E-state index contributed by atoms with van der Waals surface area (Å²) in [6.07, 6.45) is 0.0469. The number of carbonyl (C=O) groups excluding carboxylic acids is 2. The smallest absolute Gasteiger partial charge is 0.249 e. The molecular weight excluding hydrogens is 422 g/mol. The van der Waals surface area contributed by atoms with Crippen molar-refractivity contribution in [3.8, 4) is 11.5 Å². The van der Waals surface area contributed by atoms with E-state index in [2.05, 4.69) is 26.6 Å². The molecule has 0 saturated carbocycles. The van der Waals surface area contributed by atoms with Crippen molar-refractivity contribution in [1.29, 1.82) is 0 Å². The molecule has 1 fully saturated rings. The lowest BCUT2D eigenvalue weighted by Gasteiger charge is -2.37. The predicted octanol–water partition coefficient (Wildman–Crippen LogP) is 1.72. The third kappa shape index (κ3) is 4.93. The summed E-state index contributed by atoms with van der Waals surface area (Å²) >= 11 is 0. The molecule has 0 aromatic heterocycles. The van der Waals surface area contributed by atoms with Crippen LogP contribution in [0.5, 0.6) is 11.5 Å². The van der Waals surface area contributed by atoms with Crippen molar-refractivity contribution in [3.05, 3.63) is 53.6 Å². The van der Waals surface area contributed by atoms with E-state index >= 15 is 0 Å². The lowest BCUT2D eigenvalue weighted by Crippen LogP contribution is -2.56. The first-order valence-electron chi connectivity index (χ1n) is 11.1. The molecule has 33 heavy (non-hydrogen) atoms. The molecule has 9 nitrogen and oxygen atoms in total. The summed E-state index contributed by atoms with van der Waals surface area (Å²) in [6.45, 7) is 6.13. The summed E-state index contributed by atoms with van der Waals surface area (Å²) in [5, 5.41) is 5.72. The normalized spacial score (nSPS) is 20.3. The average Bonchev–Trinajstić information content (AvgIpc) is 3.27. The monoisotopic (exact) mass is 449 g/mol. The number of aryl methyl sites for hydroxylation is 1. The minimum absolute atomic E-state index is 0.0469. The quantitative estimate of drug-likeness (QED) is 0.738. The maximum Gasteiger partial charge on any atom is 0.249 e. The fourth-order valence-corrected chi connectivity index (χ4v) is 4.25. The summed E-state index contributed by atoms with van der Waals surface area (Å²) in [7, 11) is 0. The molecule has 1 atom stereocenters. The zero-order valence-corrected chi connectivity index (χ0v) is 18.5. The van der Waals surface area contributed by atoms with Gasteiger partial charge in [-0.05, 0) is 42.3 Å². The Balaban J connectivity index is 1.19. The van der Waals surface area contributed by atoms with Gasteiger partial charge in [-0.25, -0.2) is 4.99 Å². The molecule has 2 amide bonds. The van der Waals surface area contributed by atoms with E-state index < -0.39 is 6.04 Å². The summed E-state index contributed by atoms with van der Waals surface area (Å²) < 4.78 is 10.8. The van der Waals surface area contributed by atoms with E-state index in [0.29, 0.717) is 11.6 Å². The average molecular weight is 450 g/mol. The van der Waals surface area contributed by atoms with Crippen molar-refractivity contribution >= 4 is 23.5 Å². The van der Waals surface area contributed by atoms with Gasteiger partial charge in [-0.15, -0.1) is 0 Å². The highest BCUT2D eigenvalue weighted by atomic mass is 16.7. The van der Waals surface area contributed by atoms with Crippen LogP contribution >= 0.6 is 0 Å². The first-order chi connectivity index (χ1) is 16.0. The molecule has 172 valence electrons. The van der Waals surface area contributed by atoms with Gasteiger partial charge in [0.25, 0.3) is 0 Å². The second kappa shape index (κ2) is 9.11. The van der Waals surface area contributed by atoms with E-state index in [9.17, 15) is 9.59 Å². The Labute approximate surface area is 192 Å². The van der Waals surface area contributed by atoms with Gasteiger partial charge >= 0.3 is 0 Å². The number of carbonyl (C=O) groups is 2. The molecule has 3 heterocycles. The van der Waals surface area contributed by atoms with Gasteiger partial charge in [-0.3, -0.25) is 19.8 Å². The van der Waals surface area contributed by atoms with Gasteiger partial charge in [0.1, 0.15) is 6.04 Å². The second-order valence-corrected chi connectivity index (χ2v) is 8.53. The largest absolute Gasteiger partial charge is 0.454 e. The lowest BCUT2D eigenvalue weighted by molar-refractivity contribution is -0.125. The van der Waals surface area contributed by atoms with E-state index in [1.807, 2.05) is 48.2 Å². The van der Waals surface area contributed by atoms with Gasteiger partial charge in [0.05, 0.1) is 6.42 Å². The van der Waals surface area contributed by atoms with Gasteiger partial charge in [-0.1, -0.05) is 18.2 Å². The SMILES string of the molecule is Cc1cccc(NC(=O)[C@@H]2CC(=O)NC(N3CCN(Cc4ccc5c(c4)OCO5)CC3)=N2)c1. The second-order valence-electron chi connectivity index (χ2n) is 8.53. The van der Waals surface area contributed by atoms with Gasteiger partial charge in [0, 0.05) is 38.4 Å². The van der Waals surface area contributed by atoms with E-state index in [4.69, 9.17) is 9.47 Å². The number of hydrogen-bond donors (Lipinski definition) is 2. The number of hydrogen-bond acceptors (Lipinski definition) is 7. The number of guanidine groups is 1. The fraction of sp³-hybridized carbons (Fsp3) is 0.375. The van der Waals surface area contributed by atoms with Crippen molar-refractivity contribution in [2.75, 3.05) is 38.3 Å². The first-order valence-corrected chi connectivity index (χ1v) is 11.1. The summed E-state index contributed by atoms with van der Waals surface area (Å²) in [4.78, 5) is 34.0. The molecule has 0 radical (unpaired) electrons. The zero-order valence-electron chi connectivity index (χ0n) is 18.5. The molecule has 5 rings (SSSR count). The van der Waals surface area contributed by atoms with Crippen LogP contribution in [0.15, 0.2) is 47.5 Å². The molecule has 2 N–H and O–H groups in total. The Morgan fingerprint density at radius 3 is 2.76 bits per heavy atom. The number of anilines is 1. The maximum absolute atomic E-state index is 12.7. The molecule has 0 aliphatic carbocycles. The number of fused-ring (bicyclic) bond motifs is 1. The molecule has 9 heteroatoms. The van der Waals surface area contributed by atoms with Crippen LogP contribution in [0.1, 0.15) is 17.5 Å². The number of aliphatic imine (C=N–C) groups is 1. The van der Waals surface area contributed by atoms with Crippen LogP contribution in [0.25, 0.3) is 0 Å². The Bertz CT molecular complexity index is 1090. The maximum atomic E-state index is 12.7. The molecular formula is C24H27N5O4. The van der Waals surface area contributed by atoms with Crippen molar-refractivity contribution in [3.63, 3.8) is 0 Å². The van der Waals surface area contributed by atoms with E-state index in [0.717, 1.165) is 49.8 Å². The predicted molar refractivity (Wildman–Crippen MR) is 123 cm³/mol. The highest BCUT2D eigenvalue weighted by Gasteiger charge is 2.30. The van der Waals surface area contributed by atoms with Gasteiger partial charge < -0.3 is 19.7 Å². The van der Waals surface area contributed by atoms with Crippen LogP contribution in [-0.2, 0) is 16.1 Å². The van der Waals surface area contributed by atoms with Crippen LogP contribution in [0.3, 0.4) is 0 Å². The number of piperazine rings is 1. The number of nitrogens with one attached hydrogen (secondary N) is 2. The number of ether oxygens (including phenoxy) is 2. The van der Waals surface area contributed by atoms with E-state index in [1.165, 1.54) is 5.56 Å². The molecule has 0 bridgehead atoms. The van der Waals surface area contributed by atoms with Crippen molar-refractivity contribution in [2.24, 2.45) is 4.99 Å². The van der Waals surface area contributed by atoms with Gasteiger partial charge in [0.2, 0.25) is 24.6 Å². The zero-order chi connectivity index (χ0) is 22.8. The number of rotatable bonds is 4. The molecule has 0 unspecified atom stereocenters. The molecule has 3 aliphatic rings. The highest BCUT2D eigenvalue weighted by Crippen LogP contribution is 2.32. The standard InChI is InChI=1S/C24H27N5O4/c1-16-3-2-4-18(11-16)25-23(31)19-13-22(30)27-24(26-19)29-9-7-28(8-10-29)14-17-5-6-20-21(12-17)33-15-32-20/h2-6,11-12,19H,7-10,13-15H2,1H3,(H,25,31)(H,26,27,30)/t19-/m0/s1. The summed E-state index contributed by atoms with van der Waals surface area (Å²) in [6, 6.07) is 12.9. The van der Waals surface area contributed by atoms with Crippen LogP contribution in [-0.4, -0.2) is 66.6 Å². The topological polar surface area (TPSA) is 95.5 Å². The van der Waals surface area contributed by atoms with Crippen molar-refractivity contribution < 1.29 is 19.1 Å². The van der Waals surface area contributed by atoms with Crippen LogP contribution < -0.4 is 20.1 Å². The van der Waals surface area contributed by atoms with Crippen molar-refractivity contribution in [2.45, 2.75) is 25.9 Å². The molecule has 2 aromatic rings. The molecule has 0 spiro atoms. The Morgan fingerprint density at radius 2 is 1.94 bits per heavy atom. The first kappa shape index (κ1) is 21.3. The summed E-state index contributed by atoms with van der Waals surface area (Å²) in [5.41, 5.74) is 2.93. The number of nitrogens with zero attached hydrogens (tertiary/aromatic N) is 3. The van der Waals surface area contributed by atoms with Crippen LogP contribution in [0.2, 0.25) is 0 Å². The van der Waals surface area contributed by atoms with Crippen LogP contribution in [0.4, 0.5) is 5.69 Å². The third-order valence-electron chi connectivity index (χ3n) is 6.01. The van der Waals surface area contributed by atoms with Crippen LogP contribution in [0, 0.1) is 6.92 Å². The molecule has 1 saturated heterocycles. The van der Waals surface area contributed by atoms with E-state index in [1.54, 1.807) is 0 Å². The Kier molecular flexibility index (Phi) is 5.87. The van der Waals surface area contributed by atoms with Gasteiger partial charge in [0.15, 0.2) is 11.5 Å². The molecule has 3 aliphatic heterocycles. The fourth-order valence-electron chi connectivity index (χ4n) is 4.25. The van der Waals surface area contributed by atoms with Gasteiger partial charge in [-0.2, -0.15) is 0 Å². The van der Waals surface area contributed by atoms with E-state index in [-0.39, 0.29) is 25.0 Å². The molecule has 2 aromatic carbocycles. The van der Waals surface area contributed by atoms with Crippen molar-refractivity contribution in [1.82, 2.24) is 15.1 Å². The highest BCUT2D eigenvalue weighted by molar-refractivity contribution is 6.06. The Hall–Kier alpha value is -3.59. The third-order valence-corrected chi connectivity index (χ3v) is 6.01. The minimum Gasteiger partial charge on any atom is -0.454 e. The number of amides is 2. The summed E-state index contributed by atoms with van der Waals surface area (Å²) in [5.74, 6) is 1.61. The Morgan fingerprint density at radius 1 is 1.12 bits per heavy atom.